The second-order valence-electron chi connectivity index (χ2n) is 8.92. The molecule has 1 N–H and O–H groups in total. The molecule has 4 aromatic rings. The van der Waals surface area contributed by atoms with Crippen molar-refractivity contribution in [1.29, 1.82) is 0 Å². The van der Waals surface area contributed by atoms with Crippen molar-refractivity contribution >= 4 is 39.4 Å². The Morgan fingerprint density at radius 2 is 1.41 bits per heavy atom. The maximum absolute atomic E-state index is 12.6. The van der Waals surface area contributed by atoms with Gasteiger partial charge in [-0.3, -0.25) is 9.79 Å². The van der Waals surface area contributed by atoms with Gasteiger partial charge in [-0.25, -0.2) is 0 Å². The lowest BCUT2D eigenvalue weighted by Crippen LogP contribution is -2.24. The molecule has 0 aromatic heterocycles. The van der Waals surface area contributed by atoms with Crippen LogP contribution in [0.25, 0.3) is 21.5 Å². The first-order valence-electron chi connectivity index (χ1n) is 12.6. The van der Waals surface area contributed by atoms with Crippen molar-refractivity contribution in [3.63, 3.8) is 0 Å². The van der Waals surface area contributed by atoms with Crippen molar-refractivity contribution in [2.24, 2.45) is 4.99 Å². The molecule has 0 spiro atoms. The van der Waals surface area contributed by atoms with Crippen LogP contribution >= 0.6 is 0 Å². The van der Waals surface area contributed by atoms with E-state index in [2.05, 4.69) is 66.8 Å². The largest absolute Gasteiger partial charge is 0.352 e. The van der Waals surface area contributed by atoms with Crippen molar-refractivity contribution in [3.8, 4) is 0 Å². The van der Waals surface area contributed by atoms with Gasteiger partial charge in [0, 0.05) is 23.9 Å². The SMILES string of the molecule is CCCCCCCCCNC(=O)c1cccc(N=Cc2c3ccccc3cc3ccccc23)c1. The van der Waals surface area contributed by atoms with Gasteiger partial charge in [0.1, 0.15) is 0 Å². The molecular weight excluding hydrogens is 416 g/mol. The van der Waals surface area contributed by atoms with E-state index in [-0.39, 0.29) is 5.91 Å². The monoisotopic (exact) mass is 450 g/mol. The second-order valence-corrected chi connectivity index (χ2v) is 8.92. The molecule has 0 saturated heterocycles. The highest BCUT2D eigenvalue weighted by Gasteiger charge is 2.07. The summed E-state index contributed by atoms with van der Waals surface area (Å²) < 4.78 is 0. The third-order valence-corrected chi connectivity index (χ3v) is 6.33. The van der Waals surface area contributed by atoms with Crippen LogP contribution in [0.5, 0.6) is 0 Å². The Morgan fingerprint density at radius 1 is 0.765 bits per heavy atom. The minimum Gasteiger partial charge on any atom is -0.352 e. The highest BCUT2D eigenvalue weighted by atomic mass is 16.1. The summed E-state index contributed by atoms with van der Waals surface area (Å²) in [4.78, 5) is 17.4. The molecule has 0 atom stereocenters. The lowest BCUT2D eigenvalue weighted by Gasteiger charge is -2.08. The Hall–Kier alpha value is -3.46. The van der Waals surface area contributed by atoms with Crippen LogP contribution in [-0.2, 0) is 0 Å². The van der Waals surface area contributed by atoms with Gasteiger partial charge in [-0.15, -0.1) is 0 Å². The van der Waals surface area contributed by atoms with E-state index in [4.69, 9.17) is 4.99 Å². The number of carbonyl (C=O) groups excluding carboxylic acids is 1. The first-order chi connectivity index (χ1) is 16.8. The summed E-state index contributed by atoms with van der Waals surface area (Å²) in [6.45, 7) is 2.96. The summed E-state index contributed by atoms with van der Waals surface area (Å²) >= 11 is 0. The minimum atomic E-state index is -0.0290. The van der Waals surface area contributed by atoms with Crippen molar-refractivity contribution < 1.29 is 4.79 Å². The van der Waals surface area contributed by atoms with E-state index in [9.17, 15) is 4.79 Å². The summed E-state index contributed by atoms with van der Waals surface area (Å²) in [5, 5.41) is 7.80. The zero-order chi connectivity index (χ0) is 23.6. The molecule has 0 aliphatic carbocycles. The summed E-state index contributed by atoms with van der Waals surface area (Å²) in [6.07, 6.45) is 10.6. The van der Waals surface area contributed by atoms with E-state index in [0.29, 0.717) is 5.56 Å². The van der Waals surface area contributed by atoms with Crippen LogP contribution in [0.15, 0.2) is 83.9 Å². The number of fused-ring (bicyclic) bond motifs is 2. The number of unbranched alkanes of at least 4 members (excludes halogenated alkanes) is 6. The van der Waals surface area contributed by atoms with E-state index in [1.54, 1.807) is 0 Å². The van der Waals surface area contributed by atoms with Gasteiger partial charge in [0.15, 0.2) is 0 Å². The zero-order valence-corrected chi connectivity index (χ0v) is 20.1. The minimum absolute atomic E-state index is 0.0290. The van der Waals surface area contributed by atoms with E-state index >= 15 is 0 Å². The zero-order valence-electron chi connectivity index (χ0n) is 20.1. The van der Waals surface area contributed by atoms with Gasteiger partial charge >= 0.3 is 0 Å². The van der Waals surface area contributed by atoms with Gasteiger partial charge in [0.2, 0.25) is 0 Å². The predicted molar refractivity (Wildman–Crippen MR) is 145 cm³/mol. The molecule has 0 aliphatic rings. The van der Waals surface area contributed by atoms with Gasteiger partial charge < -0.3 is 5.32 Å². The van der Waals surface area contributed by atoms with E-state index < -0.39 is 0 Å². The fraction of sp³-hybridized carbons (Fsp3) is 0.290. The van der Waals surface area contributed by atoms with Gasteiger partial charge in [0.05, 0.1) is 5.69 Å². The fourth-order valence-electron chi connectivity index (χ4n) is 4.44. The number of benzene rings is 4. The molecule has 34 heavy (non-hydrogen) atoms. The molecule has 174 valence electrons. The van der Waals surface area contributed by atoms with Crippen LogP contribution in [0, 0.1) is 0 Å². The molecule has 1 amide bonds. The first kappa shape index (κ1) is 23.7. The summed E-state index contributed by atoms with van der Waals surface area (Å²) in [5.74, 6) is -0.0290. The molecule has 0 fully saturated rings. The number of nitrogens with one attached hydrogen (secondary N) is 1. The van der Waals surface area contributed by atoms with E-state index in [1.165, 1.54) is 60.1 Å². The number of rotatable bonds is 11. The maximum Gasteiger partial charge on any atom is 0.251 e. The Labute approximate surface area is 202 Å². The number of amides is 1. The lowest BCUT2D eigenvalue weighted by atomic mass is 9.97. The molecule has 4 aromatic carbocycles. The average Bonchev–Trinajstić information content (AvgIpc) is 2.88. The summed E-state index contributed by atoms with van der Waals surface area (Å²) in [7, 11) is 0. The quantitative estimate of drug-likeness (QED) is 0.140. The Bertz CT molecular complexity index is 1220. The van der Waals surface area contributed by atoms with E-state index in [0.717, 1.165) is 24.2 Å². The normalized spacial score (nSPS) is 11.4. The smallest absolute Gasteiger partial charge is 0.251 e. The molecule has 0 unspecified atom stereocenters. The molecule has 3 nitrogen and oxygen atoms in total. The predicted octanol–water partition coefficient (Wildman–Crippen LogP) is 8.22. The number of hydrogen-bond donors (Lipinski definition) is 1. The molecule has 3 heteroatoms. The Balaban J connectivity index is 1.43. The second kappa shape index (κ2) is 12.1. The summed E-state index contributed by atoms with van der Waals surface area (Å²) in [5.41, 5.74) is 2.53. The molecule has 0 bridgehead atoms. The van der Waals surface area contributed by atoms with Gasteiger partial charge in [0.25, 0.3) is 5.91 Å². The molecule has 4 rings (SSSR count). The number of nitrogens with zero attached hydrogens (tertiary/aromatic N) is 1. The highest BCUT2D eigenvalue weighted by molar-refractivity contribution is 6.13. The fourth-order valence-corrected chi connectivity index (χ4v) is 4.44. The van der Waals surface area contributed by atoms with Gasteiger partial charge in [-0.05, 0) is 52.2 Å². The van der Waals surface area contributed by atoms with Crippen LogP contribution in [0.4, 0.5) is 5.69 Å². The van der Waals surface area contributed by atoms with Crippen molar-refractivity contribution in [2.75, 3.05) is 6.54 Å². The summed E-state index contributed by atoms with van der Waals surface area (Å²) in [6, 6.07) is 26.6. The van der Waals surface area contributed by atoms with Crippen molar-refractivity contribution in [2.45, 2.75) is 51.9 Å². The maximum atomic E-state index is 12.6. The van der Waals surface area contributed by atoms with Crippen molar-refractivity contribution in [3.05, 3.63) is 90.0 Å². The third kappa shape index (κ3) is 6.11. The van der Waals surface area contributed by atoms with Crippen LogP contribution in [0.1, 0.15) is 67.8 Å². The topological polar surface area (TPSA) is 41.5 Å². The number of aliphatic imine (C=N–C) groups is 1. The number of carbonyl (C=O) groups is 1. The average molecular weight is 451 g/mol. The van der Waals surface area contributed by atoms with Crippen LogP contribution in [0.2, 0.25) is 0 Å². The Morgan fingerprint density at radius 3 is 2.12 bits per heavy atom. The van der Waals surface area contributed by atoms with Crippen molar-refractivity contribution in [1.82, 2.24) is 5.32 Å². The third-order valence-electron chi connectivity index (χ3n) is 6.33. The van der Waals surface area contributed by atoms with Crippen LogP contribution in [0.3, 0.4) is 0 Å². The molecule has 0 radical (unpaired) electrons. The number of hydrogen-bond acceptors (Lipinski definition) is 2. The van der Waals surface area contributed by atoms with Crippen LogP contribution < -0.4 is 5.32 Å². The van der Waals surface area contributed by atoms with E-state index in [1.807, 2.05) is 30.5 Å². The molecule has 0 heterocycles. The Kier molecular flexibility index (Phi) is 8.45. The van der Waals surface area contributed by atoms with Gasteiger partial charge in [-0.1, -0.05) is 100 Å². The molecule has 0 saturated carbocycles. The molecule has 0 aliphatic heterocycles. The lowest BCUT2D eigenvalue weighted by molar-refractivity contribution is 0.0953. The molecular formula is C31H34N2O. The first-order valence-corrected chi connectivity index (χ1v) is 12.6. The highest BCUT2D eigenvalue weighted by Crippen LogP contribution is 2.28. The van der Waals surface area contributed by atoms with Crippen LogP contribution in [-0.4, -0.2) is 18.7 Å². The van der Waals surface area contributed by atoms with Gasteiger partial charge in [-0.2, -0.15) is 0 Å². The standard InChI is InChI=1S/C31H34N2O/c1-2-3-4-5-6-7-12-20-32-31(34)26-16-13-17-27(22-26)33-23-30-28-18-10-8-14-24(28)21-25-15-9-11-19-29(25)30/h8-11,13-19,21-23H,2-7,12,20H2,1H3,(H,32,34).